The van der Waals surface area contributed by atoms with E-state index >= 15 is 0 Å². The SMILES string of the molecule is C=CC(=O)N(CCC)CC(=O)N[C@@H](Cc1ccc(C)c(C)c1)OB(O)O. The number of nitrogens with one attached hydrogen (secondary N) is 1. The zero-order chi connectivity index (χ0) is 19.7. The molecule has 0 bridgehead atoms. The fourth-order valence-corrected chi connectivity index (χ4v) is 2.49. The van der Waals surface area contributed by atoms with Gasteiger partial charge in [0.1, 0.15) is 6.23 Å². The minimum atomic E-state index is -2.02. The fraction of sp³-hybridized carbons (Fsp3) is 0.444. The minimum absolute atomic E-state index is 0.160. The number of nitrogens with zero attached hydrogens (tertiary/aromatic N) is 1. The van der Waals surface area contributed by atoms with Crippen LogP contribution in [0.5, 0.6) is 0 Å². The van der Waals surface area contributed by atoms with Crippen LogP contribution in [0.2, 0.25) is 0 Å². The molecule has 0 radical (unpaired) electrons. The number of benzene rings is 1. The highest BCUT2D eigenvalue weighted by molar-refractivity contribution is 6.32. The fourth-order valence-electron chi connectivity index (χ4n) is 2.49. The molecule has 2 amide bonds. The summed E-state index contributed by atoms with van der Waals surface area (Å²) in [6.07, 6.45) is 1.17. The van der Waals surface area contributed by atoms with Crippen LogP contribution in [-0.4, -0.2) is 53.4 Å². The molecule has 0 saturated carbocycles. The molecule has 0 aliphatic heterocycles. The van der Waals surface area contributed by atoms with E-state index in [0.29, 0.717) is 13.0 Å². The Bertz CT molecular complexity index is 636. The third-order valence-corrected chi connectivity index (χ3v) is 3.91. The summed E-state index contributed by atoms with van der Waals surface area (Å²) in [5.74, 6) is -0.793. The predicted molar refractivity (Wildman–Crippen MR) is 99.9 cm³/mol. The number of rotatable bonds is 10. The molecule has 1 atom stereocenters. The van der Waals surface area contributed by atoms with E-state index in [0.717, 1.165) is 22.8 Å². The van der Waals surface area contributed by atoms with Crippen LogP contribution in [0.3, 0.4) is 0 Å². The lowest BCUT2D eigenvalue weighted by Crippen LogP contribution is -2.47. The minimum Gasteiger partial charge on any atom is -0.402 e. The van der Waals surface area contributed by atoms with E-state index in [-0.39, 0.29) is 18.9 Å². The Balaban J connectivity index is 2.78. The van der Waals surface area contributed by atoms with E-state index in [1.54, 1.807) is 0 Å². The van der Waals surface area contributed by atoms with Gasteiger partial charge in [0.2, 0.25) is 11.8 Å². The molecule has 3 N–H and O–H groups in total. The van der Waals surface area contributed by atoms with Gasteiger partial charge >= 0.3 is 7.32 Å². The van der Waals surface area contributed by atoms with Gasteiger partial charge < -0.3 is 24.9 Å². The number of carbonyl (C=O) groups is 2. The number of carbonyl (C=O) groups excluding carboxylic acids is 2. The molecule has 0 aromatic heterocycles. The molecule has 0 spiro atoms. The average Bonchev–Trinajstić information content (AvgIpc) is 2.56. The van der Waals surface area contributed by atoms with Gasteiger partial charge in [0.15, 0.2) is 0 Å². The molecule has 1 aromatic carbocycles. The Labute approximate surface area is 154 Å². The highest BCUT2D eigenvalue weighted by Gasteiger charge is 2.22. The second kappa shape index (κ2) is 10.8. The Morgan fingerprint density at radius 2 is 2.04 bits per heavy atom. The Morgan fingerprint density at radius 1 is 1.35 bits per heavy atom. The zero-order valence-electron chi connectivity index (χ0n) is 15.6. The number of hydrogen-bond donors (Lipinski definition) is 3. The summed E-state index contributed by atoms with van der Waals surface area (Å²) in [5.41, 5.74) is 3.10. The third kappa shape index (κ3) is 7.39. The Hall–Kier alpha value is -2.16. The lowest BCUT2D eigenvalue weighted by Gasteiger charge is -2.23. The summed E-state index contributed by atoms with van der Waals surface area (Å²) in [5, 5.41) is 20.8. The van der Waals surface area contributed by atoms with Crippen molar-refractivity contribution in [3.63, 3.8) is 0 Å². The van der Waals surface area contributed by atoms with Crippen molar-refractivity contribution in [2.24, 2.45) is 0 Å². The van der Waals surface area contributed by atoms with E-state index in [4.69, 9.17) is 14.7 Å². The van der Waals surface area contributed by atoms with Gasteiger partial charge in [-0.25, -0.2) is 0 Å². The van der Waals surface area contributed by atoms with Gasteiger partial charge in [0.05, 0.1) is 6.54 Å². The molecule has 142 valence electrons. The van der Waals surface area contributed by atoms with Crippen LogP contribution in [-0.2, 0) is 20.7 Å². The summed E-state index contributed by atoms with van der Waals surface area (Å²) in [6.45, 7) is 9.55. The molecule has 0 unspecified atom stereocenters. The quantitative estimate of drug-likeness (QED) is 0.323. The van der Waals surface area contributed by atoms with Gasteiger partial charge in [-0.2, -0.15) is 0 Å². The summed E-state index contributed by atoms with van der Waals surface area (Å²) in [7, 11) is -2.02. The highest BCUT2D eigenvalue weighted by Crippen LogP contribution is 2.12. The molecular formula is C18H27BN2O5. The molecular weight excluding hydrogens is 335 g/mol. The van der Waals surface area contributed by atoms with Gasteiger partial charge in [-0.15, -0.1) is 0 Å². The smallest absolute Gasteiger partial charge is 0.402 e. The molecule has 1 aromatic rings. The monoisotopic (exact) mass is 362 g/mol. The van der Waals surface area contributed by atoms with Crippen molar-refractivity contribution in [1.82, 2.24) is 10.2 Å². The maximum absolute atomic E-state index is 12.3. The van der Waals surface area contributed by atoms with Gasteiger partial charge in [0.25, 0.3) is 0 Å². The molecule has 7 nitrogen and oxygen atoms in total. The first-order valence-corrected chi connectivity index (χ1v) is 8.55. The molecule has 26 heavy (non-hydrogen) atoms. The van der Waals surface area contributed by atoms with Crippen LogP contribution in [0.25, 0.3) is 0 Å². The second-order valence-electron chi connectivity index (χ2n) is 6.11. The van der Waals surface area contributed by atoms with Crippen LogP contribution in [0.15, 0.2) is 30.9 Å². The summed E-state index contributed by atoms with van der Waals surface area (Å²) in [6, 6.07) is 5.79. The molecule has 0 aliphatic carbocycles. The third-order valence-electron chi connectivity index (χ3n) is 3.91. The summed E-state index contributed by atoms with van der Waals surface area (Å²) >= 11 is 0. The van der Waals surface area contributed by atoms with E-state index in [9.17, 15) is 9.59 Å². The van der Waals surface area contributed by atoms with Crippen LogP contribution < -0.4 is 5.32 Å². The van der Waals surface area contributed by atoms with Gasteiger partial charge in [-0.05, 0) is 43.0 Å². The molecule has 8 heteroatoms. The summed E-state index contributed by atoms with van der Waals surface area (Å²) in [4.78, 5) is 25.4. The normalized spacial score (nSPS) is 11.6. The predicted octanol–water partition coefficient (Wildman–Crippen LogP) is 0.699. The maximum Gasteiger partial charge on any atom is 0.635 e. The van der Waals surface area contributed by atoms with E-state index in [1.165, 1.54) is 4.90 Å². The molecule has 1 rings (SSSR count). The van der Waals surface area contributed by atoms with Crippen LogP contribution >= 0.6 is 0 Å². The molecule has 0 fully saturated rings. The van der Waals surface area contributed by atoms with E-state index in [1.807, 2.05) is 39.0 Å². The molecule has 0 saturated heterocycles. The molecule has 0 aliphatic rings. The topological polar surface area (TPSA) is 99.1 Å². The number of amides is 2. The molecule has 0 heterocycles. The first-order valence-electron chi connectivity index (χ1n) is 8.55. The van der Waals surface area contributed by atoms with Crippen molar-refractivity contribution in [1.29, 1.82) is 0 Å². The second-order valence-corrected chi connectivity index (χ2v) is 6.11. The average molecular weight is 362 g/mol. The van der Waals surface area contributed by atoms with Gasteiger partial charge in [-0.3, -0.25) is 9.59 Å². The van der Waals surface area contributed by atoms with Gasteiger partial charge in [0, 0.05) is 13.0 Å². The van der Waals surface area contributed by atoms with Crippen molar-refractivity contribution >= 4 is 19.1 Å². The number of aryl methyl sites for hydroxylation is 2. The highest BCUT2D eigenvalue weighted by atomic mass is 16.6. The first kappa shape index (κ1) is 21.9. The van der Waals surface area contributed by atoms with Crippen molar-refractivity contribution in [2.45, 2.75) is 39.8 Å². The lowest BCUT2D eigenvalue weighted by atomic mass is 10.0. The largest absolute Gasteiger partial charge is 0.635 e. The van der Waals surface area contributed by atoms with Gasteiger partial charge in [-0.1, -0.05) is 31.7 Å². The number of hydrogen-bond acceptors (Lipinski definition) is 5. The van der Waals surface area contributed by atoms with E-state index in [2.05, 4.69) is 11.9 Å². The van der Waals surface area contributed by atoms with Crippen molar-refractivity contribution in [3.8, 4) is 0 Å². The van der Waals surface area contributed by atoms with Crippen molar-refractivity contribution in [2.75, 3.05) is 13.1 Å². The van der Waals surface area contributed by atoms with Crippen molar-refractivity contribution < 1.29 is 24.3 Å². The standard InChI is InChI=1S/C18H27BN2O5/c1-5-9-21(18(23)6-2)12-16(22)20-17(26-19(24)25)11-15-8-7-13(3)14(4)10-15/h6-8,10,17,24-25H,2,5,9,11-12H2,1,3-4H3,(H,20,22)/t17-/m1/s1. The van der Waals surface area contributed by atoms with Crippen LogP contribution in [0.4, 0.5) is 0 Å². The first-order chi connectivity index (χ1) is 12.3. The lowest BCUT2D eigenvalue weighted by molar-refractivity contribution is -0.133. The maximum atomic E-state index is 12.3. The Kier molecular flexibility index (Phi) is 9.05. The van der Waals surface area contributed by atoms with Crippen LogP contribution in [0, 0.1) is 13.8 Å². The van der Waals surface area contributed by atoms with Crippen LogP contribution in [0.1, 0.15) is 30.0 Å². The van der Waals surface area contributed by atoms with E-state index < -0.39 is 19.5 Å². The zero-order valence-corrected chi connectivity index (χ0v) is 15.6. The Morgan fingerprint density at radius 3 is 2.58 bits per heavy atom. The van der Waals surface area contributed by atoms with Crippen molar-refractivity contribution in [3.05, 3.63) is 47.5 Å². The summed E-state index contributed by atoms with van der Waals surface area (Å²) < 4.78 is 4.98.